The summed E-state index contributed by atoms with van der Waals surface area (Å²) in [5.74, 6) is 1.36. The Morgan fingerprint density at radius 3 is 2.52 bits per heavy atom. The Morgan fingerprint density at radius 2 is 1.81 bits per heavy atom. The van der Waals surface area contributed by atoms with Crippen LogP contribution in [0.15, 0.2) is 24.3 Å². The van der Waals surface area contributed by atoms with Gasteiger partial charge in [-0.25, -0.2) is 0 Å². The molecule has 1 aromatic carbocycles. The van der Waals surface area contributed by atoms with E-state index < -0.39 is 0 Å². The SMILES string of the molecule is c1cc(N2CCCCC2)ccc1CNCC1CCCCS1. The summed E-state index contributed by atoms with van der Waals surface area (Å²) in [7, 11) is 0. The minimum Gasteiger partial charge on any atom is -0.372 e. The molecular formula is C18H28N2S. The van der Waals surface area contributed by atoms with Crippen molar-refractivity contribution < 1.29 is 0 Å². The number of nitrogens with one attached hydrogen (secondary N) is 1. The van der Waals surface area contributed by atoms with Gasteiger partial charge in [0.05, 0.1) is 0 Å². The average Bonchev–Trinajstić information content (AvgIpc) is 2.57. The van der Waals surface area contributed by atoms with E-state index in [9.17, 15) is 0 Å². The third-order valence-corrected chi connectivity index (χ3v) is 6.03. The van der Waals surface area contributed by atoms with Crippen molar-refractivity contribution >= 4 is 17.4 Å². The van der Waals surface area contributed by atoms with Crippen LogP contribution in [-0.4, -0.2) is 30.6 Å². The maximum Gasteiger partial charge on any atom is 0.0366 e. The Hall–Kier alpha value is -0.670. The number of nitrogens with zero attached hydrogens (tertiary/aromatic N) is 1. The highest BCUT2D eigenvalue weighted by atomic mass is 32.2. The van der Waals surface area contributed by atoms with Crippen molar-refractivity contribution in [1.29, 1.82) is 0 Å². The number of thioether (sulfide) groups is 1. The van der Waals surface area contributed by atoms with E-state index in [-0.39, 0.29) is 0 Å². The van der Waals surface area contributed by atoms with Crippen LogP contribution >= 0.6 is 11.8 Å². The average molecular weight is 305 g/mol. The largest absolute Gasteiger partial charge is 0.372 e. The molecule has 2 nitrogen and oxygen atoms in total. The lowest BCUT2D eigenvalue weighted by atomic mass is 10.1. The van der Waals surface area contributed by atoms with E-state index in [0.717, 1.165) is 11.8 Å². The van der Waals surface area contributed by atoms with Crippen LogP contribution in [0.3, 0.4) is 0 Å². The number of piperidine rings is 1. The summed E-state index contributed by atoms with van der Waals surface area (Å²) in [4.78, 5) is 2.53. The fourth-order valence-corrected chi connectivity index (χ4v) is 4.60. The molecule has 1 N–H and O–H groups in total. The highest BCUT2D eigenvalue weighted by Crippen LogP contribution is 2.24. The molecule has 2 fully saturated rings. The minimum absolute atomic E-state index is 0.839. The van der Waals surface area contributed by atoms with Crippen LogP contribution < -0.4 is 10.2 Å². The number of rotatable bonds is 5. The van der Waals surface area contributed by atoms with Crippen molar-refractivity contribution in [1.82, 2.24) is 5.32 Å². The van der Waals surface area contributed by atoms with E-state index >= 15 is 0 Å². The summed E-state index contributed by atoms with van der Waals surface area (Å²) in [6.45, 7) is 4.64. The molecular weight excluding hydrogens is 276 g/mol. The van der Waals surface area contributed by atoms with Gasteiger partial charge >= 0.3 is 0 Å². The predicted molar refractivity (Wildman–Crippen MR) is 94.3 cm³/mol. The van der Waals surface area contributed by atoms with E-state index in [1.165, 1.54) is 75.2 Å². The zero-order chi connectivity index (χ0) is 14.3. The lowest BCUT2D eigenvalue weighted by Gasteiger charge is -2.29. The van der Waals surface area contributed by atoms with Gasteiger partial charge in [-0.3, -0.25) is 0 Å². The molecule has 0 aromatic heterocycles. The Morgan fingerprint density at radius 1 is 1.00 bits per heavy atom. The van der Waals surface area contributed by atoms with E-state index in [1.54, 1.807) is 0 Å². The molecule has 2 saturated heterocycles. The van der Waals surface area contributed by atoms with Gasteiger partial charge in [0.15, 0.2) is 0 Å². The van der Waals surface area contributed by atoms with Gasteiger partial charge in [0.1, 0.15) is 0 Å². The standard InChI is InChI=1S/C18H28N2S/c1-3-11-20(12-4-1)17-9-7-16(8-10-17)14-19-15-18-6-2-5-13-21-18/h7-10,18-19H,1-6,11-15H2. The first-order chi connectivity index (χ1) is 10.4. The van der Waals surface area contributed by atoms with Gasteiger partial charge in [-0.15, -0.1) is 0 Å². The lowest BCUT2D eigenvalue weighted by Crippen LogP contribution is -2.29. The number of anilines is 1. The monoisotopic (exact) mass is 304 g/mol. The smallest absolute Gasteiger partial charge is 0.0366 e. The second-order valence-corrected chi connectivity index (χ2v) is 7.74. The van der Waals surface area contributed by atoms with E-state index in [0.29, 0.717) is 0 Å². The Labute approximate surface area is 133 Å². The third kappa shape index (κ3) is 4.65. The van der Waals surface area contributed by atoms with Crippen molar-refractivity contribution in [2.45, 2.75) is 50.3 Å². The second-order valence-electron chi connectivity index (χ2n) is 6.33. The molecule has 2 aliphatic rings. The summed E-state index contributed by atoms with van der Waals surface area (Å²) < 4.78 is 0. The fourth-order valence-electron chi connectivity index (χ4n) is 3.32. The van der Waals surface area contributed by atoms with Crippen molar-refractivity contribution in [2.75, 3.05) is 30.3 Å². The molecule has 0 spiro atoms. The molecule has 21 heavy (non-hydrogen) atoms. The van der Waals surface area contributed by atoms with Crippen LogP contribution in [0, 0.1) is 0 Å². The quantitative estimate of drug-likeness (QED) is 0.883. The first kappa shape index (κ1) is 15.2. The molecule has 116 valence electrons. The van der Waals surface area contributed by atoms with Crippen LogP contribution in [0.4, 0.5) is 5.69 Å². The summed E-state index contributed by atoms with van der Waals surface area (Å²) in [6.07, 6.45) is 8.33. The third-order valence-electron chi connectivity index (χ3n) is 4.63. The molecule has 1 aromatic rings. The van der Waals surface area contributed by atoms with E-state index in [2.05, 4.69) is 46.2 Å². The van der Waals surface area contributed by atoms with Crippen LogP contribution in [0.25, 0.3) is 0 Å². The predicted octanol–water partition coefficient (Wildman–Crippen LogP) is 4.05. The molecule has 0 saturated carbocycles. The first-order valence-corrected chi connectivity index (χ1v) is 9.63. The van der Waals surface area contributed by atoms with Crippen molar-refractivity contribution in [3.8, 4) is 0 Å². The minimum atomic E-state index is 0.839. The first-order valence-electron chi connectivity index (χ1n) is 8.58. The Kier molecular flexibility index (Phi) is 5.87. The van der Waals surface area contributed by atoms with Crippen molar-refractivity contribution in [2.24, 2.45) is 0 Å². The fraction of sp³-hybridized carbons (Fsp3) is 0.667. The molecule has 0 bridgehead atoms. The Balaban J connectivity index is 1.43. The molecule has 1 atom stereocenters. The molecule has 0 radical (unpaired) electrons. The second kappa shape index (κ2) is 8.09. The molecule has 2 aliphatic heterocycles. The summed E-state index contributed by atoms with van der Waals surface area (Å²) >= 11 is 2.15. The van der Waals surface area contributed by atoms with Gasteiger partial charge in [-0.1, -0.05) is 18.6 Å². The molecule has 3 heteroatoms. The zero-order valence-corrected chi connectivity index (χ0v) is 13.8. The summed E-state index contributed by atoms with van der Waals surface area (Å²) in [6, 6.07) is 9.20. The molecule has 0 amide bonds. The van der Waals surface area contributed by atoms with Crippen molar-refractivity contribution in [3.63, 3.8) is 0 Å². The Bertz CT molecular complexity index is 406. The number of hydrogen-bond acceptors (Lipinski definition) is 3. The number of benzene rings is 1. The number of hydrogen-bond donors (Lipinski definition) is 1. The summed E-state index contributed by atoms with van der Waals surface area (Å²) in [5.41, 5.74) is 2.82. The molecule has 2 heterocycles. The normalized spacial score (nSPS) is 23.2. The van der Waals surface area contributed by atoms with Gasteiger partial charge in [-0.2, -0.15) is 11.8 Å². The van der Waals surface area contributed by atoms with E-state index in [1.807, 2.05) is 0 Å². The van der Waals surface area contributed by atoms with Gasteiger partial charge in [0.25, 0.3) is 0 Å². The molecule has 1 unspecified atom stereocenters. The van der Waals surface area contributed by atoms with Gasteiger partial charge in [-0.05, 0) is 55.6 Å². The topological polar surface area (TPSA) is 15.3 Å². The van der Waals surface area contributed by atoms with Gasteiger partial charge in [0, 0.05) is 37.1 Å². The zero-order valence-electron chi connectivity index (χ0n) is 13.0. The van der Waals surface area contributed by atoms with Gasteiger partial charge < -0.3 is 10.2 Å². The maximum atomic E-state index is 3.64. The molecule has 3 rings (SSSR count). The maximum absolute atomic E-state index is 3.64. The lowest BCUT2D eigenvalue weighted by molar-refractivity contribution is 0.577. The highest BCUT2D eigenvalue weighted by molar-refractivity contribution is 7.99. The van der Waals surface area contributed by atoms with E-state index in [4.69, 9.17) is 0 Å². The van der Waals surface area contributed by atoms with Crippen LogP contribution in [0.5, 0.6) is 0 Å². The molecule has 0 aliphatic carbocycles. The van der Waals surface area contributed by atoms with Crippen LogP contribution in [-0.2, 0) is 6.54 Å². The van der Waals surface area contributed by atoms with Gasteiger partial charge in [0.2, 0.25) is 0 Å². The highest BCUT2D eigenvalue weighted by Gasteiger charge is 2.13. The summed E-state index contributed by atoms with van der Waals surface area (Å²) in [5, 5.41) is 4.48. The van der Waals surface area contributed by atoms with Crippen LogP contribution in [0.2, 0.25) is 0 Å². The van der Waals surface area contributed by atoms with Crippen LogP contribution in [0.1, 0.15) is 44.1 Å². The van der Waals surface area contributed by atoms with Crippen molar-refractivity contribution in [3.05, 3.63) is 29.8 Å².